The molecule has 7 nitrogen and oxygen atoms in total. The third-order valence-corrected chi connectivity index (χ3v) is 7.12. The Labute approximate surface area is 221 Å². The fourth-order valence-corrected chi connectivity index (χ4v) is 4.90. The van der Waals surface area contributed by atoms with Crippen LogP contribution in [-0.2, 0) is 32.6 Å². The summed E-state index contributed by atoms with van der Waals surface area (Å²) in [5.41, 5.74) is 1.66. The first-order chi connectivity index (χ1) is 17.6. The maximum absolute atomic E-state index is 13.8. The van der Waals surface area contributed by atoms with Gasteiger partial charge in [-0.25, -0.2) is 12.8 Å². The van der Waals surface area contributed by atoms with Gasteiger partial charge in [0.15, 0.2) is 0 Å². The number of sulfonamides is 1. The number of rotatable bonds is 11. The van der Waals surface area contributed by atoms with E-state index in [2.05, 4.69) is 5.32 Å². The van der Waals surface area contributed by atoms with Gasteiger partial charge in [-0.1, -0.05) is 72.3 Å². The number of amides is 2. The predicted molar refractivity (Wildman–Crippen MR) is 143 cm³/mol. The molecule has 3 aromatic carbocycles. The number of benzene rings is 3. The van der Waals surface area contributed by atoms with Gasteiger partial charge in [-0.15, -0.1) is 0 Å². The summed E-state index contributed by atoms with van der Waals surface area (Å²) >= 11 is 5.89. The van der Waals surface area contributed by atoms with Gasteiger partial charge in [-0.2, -0.15) is 0 Å². The van der Waals surface area contributed by atoms with Gasteiger partial charge in [-0.3, -0.25) is 13.9 Å². The van der Waals surface area contributed by atoms with E-state index in [1.807, 2.05) is 60.7 Å². The van der Waals surface area contributed by atoms with E-state index in [1.54, 1.807) is 6.92 Å². The van der Waals surface area contributed by atoms with Gasteiger partial charge >= 0.3 is 0 Å². The van der Waals surface area contributed by atoms with Crippen LogP contribution in [-0.4, -0.2) is 50.5 Å². The van der Waals surface area contributed by atoms with Crippen molar-refractivity contribution in [2.45, 2.75) is 25.9 Å². The molecule has 0 spiro atoms. The zero-order valence-electron chi connectivity index (χ0n) is 20.6. The molecule has 3 rings (SSSR count). The standard InChI is InChI=1S/C27H29ClFN3O4S/c1-3-30-27(34)25(16-20-10-6-4-7-11-20)31(18-21-12-8-5-9-13-21)26(33)19-32(37(2,35)36)22-14-15-24(29)23(28)17-22/h4-15,17,25H,3,16,18-19H2,1-2H3,(H,30,34)/t25-/m0/s1. The molecular weight excluding hydrogens is 517 g/mol. The highest BCUT2D eigenvalue weighted by atomic mass is 35.5. The lowest BCUT2D eigenvalue weighted by atomic mass is 10.0. The van der Waals surface area contributed by atoms with E-state index < -0.39 is 34.3 Å². The van der Waals surface area contributed by atoms with Crippen molar-refractivity contribution < 1.29 is 22.4 Å². The lowest BCUT2D eigenvalue weighted by molar-refractivity contribution is -0.140. The third-order valence-electron chi connectivity index (χ3n) is 5.69. The first-order valence-electron chi connectivity index (χ1n) is 11.7. The molecule has 1 atom stereocenters. The molecule has 0 aliphatic rings. The Balaban J connectivity index is 2.03. The van der Waals surface area contributed by atoms with Crippen LogP contribution in [0.2, 0.25) is 5.02 Å². The molecule has 0 radical (unpaired) electrons. The minimum atomic E-state index is -3.96. The molecule has 0 saturated carbocycles. The Hall–Kier alpha value is -3.43. The van der Waals surface area contributed by atoms with Gasteiger partial charge in [0.25, 0.3) is 0 Å². The van der Waals surface area contributed by atoms with E-state index >= 15 is 0 Å². The average molecular weight is 546 g/mol. The number of carbonyl (C=O) groups is 2. The first kappa shape index (κ1) is 28.1. The van der Waals surface area contributed by atoms with Crippen LogP contribution in [0.5, 0.6) is 0 Å². The average Bonchev–Trinajstić information content (AvgIpc) is 2.87. The van der Waals surface area contributed by atoms with Gasteiger partial charge in [-0.05, 0) is 36.2 Å². The van der Waals surface area contributed by atoms with E-state index in [1.165, 1.54) is 11.0 Å². The number of anilines is 1. The zero-order chi connectivity index (χ0) is 27.0. The number of nitrogens with zero attached hydrogens (tertiary/aromatic N) is 2. The summed E-state index contributed by atoms with van der Waals surface area (Å²) in [4.78, 5) is 28.4. The minimum absolute atomic E-state index is 0.0412. The lowest BCUT2D eigenvalue weighted by Crippen LogP contribution is -2.53. The van der Waals surface area contributed by atoms with Crippen LogP contribution in [0.3, 0.4) is 0 Å². The molecule has 0 unspecified atom stereocenters. The second-order valence-electron chi connectivity index (χ2n) is 8.48. The summed E-state index contributed by atoms with van der Waals surface area (Å²) in [6, 6.07) is 20.9. The molecule has 2 amide bonds. The molecule has 0 aliphatic carbocycles. The fraction of sp³-hybridized carbons (Fsp3) is 0.259. The number of carbonyl (C=O) groups excluding carboxylic acids is 2. The summed E-state index contributed by atoms with van der Waals surface area (Å²) in [6.45, 7) is 1.62. The summed E-state index contributed by atoms with van der Waals surface area (Å²) in [5, 5.41) is 2.52. The van der Waals surface area contributed by atoms with Crippen molar-refractivity contribution in [3.8, 4) is 0 Å². The van der Waals surface area contributed by atoms with Crippen molar-refractivity contribution in [3.63, 3.8) is 0 Å². The van der Waals surface area contributed by atoms with Gasteiger partial charge in [0.05, 0.1) is 17.0 Å². The summed E-state index contributed by atoms with van der Waals surface area (Å²) in [7, 11) is -3.96. The topological polar surface area (TPSA) is 86.8 Å². The minimum Gasteiger partial charge on any atom is -0.355 e. The Morgan fingerprint density at radius 3 is 2.11 bits per heavy atom. The monoisotopic (exact) mass is 545 g/mol. The molecular formula is C27H29ClFN3O4S. The smallest absolute Gasteiger partial charge is 0.244 e. The van der Waals surface area contributed by atoms with Crippen molar-refractivity contribution in [1.29, 1.82) is 0 Å². The first-order valence-corrected chi connectivity index (χ1v) is 13.9. The van der Waals surface area contributed by atoms with E-state index in [0.29, 0.717) is 6.54 Å². The fourth-order valence-electron chi connectivity index (χ4n) is 3.88. The van der Waals surface area contributed by atoms with Crippen LogP contribution in [0.1, 0.15) is 18.1 Å². The highest BCUT2D eigenvalue weighted by Crippen LogP contribution is 2.25. The third kappa shape index (κ3) is 7.77. The van der Waals surface area contributed by atoms with Crippen molar-refractivity contribution >= 4 is 39.1 Å². The van der Waals surface area contributed by atoms with Crippen molar-refractivity contribution in [3.05, 3.63) is 101 Å². The Bertz CT molecular complexity index is 1320. The largest absolute Gasteiger partial charge is 0.355 e. The van der Waals surface area contributed by atoms with Crippen LogP contribution in [0.25, 0.3) is 0 Å². The van der Waals surface area contributed by atoms with Crippen LogP contribution in [0.4, 0.5) is 10.1 Å². The molecule has 3 aromatic rings. The molecule has 0 heterocycles. The van der Waals surface area contributed by atoms with Crippen LogP contribution >= 0.6 is 11.6 Å². The Kier molecular flexibility index (Phi) is 9.66. The molecule has 37 heavy (non-hydrogen) atoms. The Morgan fingerprint density at radius 2 is 1.57 bits per heavy atom. The molecule has 0 aliphatic heterocycles. The molecule has 10 heteroatoms. The lowest BCUT2D eigenvalue weighted by Gasteiger charge is -2.33. The van der Waals surface area contributed by atoms with Gasteiger partial charge in [0, 0.05) is 19.5 Å². The Morgan fingerprint density at radius 1 is 0.973 bits per heavy atom. The van der Waals surface area contributed by atoms with E-state index in [0.717, 1.165) is 33.8 Å². The maximum atomic E-state index is 13.8. The number of likely N-dealkylation sites (N-methyl/N-ethyl adjacent to an activating group) is 1. The second-order valence-corrected chi connectivity index (χ2v) is 10.8. The summed E-state index contributed by atoms with van der Waals surface area (Å²) in [6.07, 6.45) is 1.18. The van der Waals surface area contributed by atoms with E-state index in [4.69, 9.17) is 11.6 Å². The van der Waals surface area contributed by atoms with Crippen molar-refractivity contribution in [2.75, 3.05) is 23.7 Å². The second kappa shape index (κ2) is 12.7. The van der Waals surface area contributed by atoms with Crippen LogP contribution in [0, 0.1) is 5.82 Å². The number of hydrogen-bond donors (Lipinski definition) is 1. The quantitative estimate of drug-likeness (QED) is 0.394. The highest BCUT2D eigenvalue weighted by molar-refractivity contribution is 7.92. The molecule has 0 fully saturated rings. The molecule has 0 bridgehead atoms. The molecule has 196 valence electrons. The van der Waals surface area contributed by atoms with Crippen LogP contribution < -0.4 is 9.62 Å². The SMILES string of the molecule is CCNC(=O)[C@H](Cc1ccccc1)N(Cc1ccccc1)C(=O)CN(c1ccc(F)c(Cl)c1)S(C)(=O)=O. The number of hydrogen-bond acceptors (Lipinski definition) is 4. The van der Waals surface area contributed by atoms with Gasteiger partial charge in [0.1, 0.15) is 18.4 Å². The zero-order valence-corrected chi connectivity index (χ0v) is 22.2. The van der Waals surface area contributed by atoms with Gasteiger partial charge < -0.3 is 10.2 Å². The normalized spacial score (nSPS) is 12.0. The van der Waals surface area contributed by atoms with E-state index in [9.17, 15) is 22.4 Å². The summed E-state index contributed by atoms with van der Waals surface area (Å²) < 4.78 is 40.0. The number of nitrogens with one attached hydrogen (secondary N) is 1. The predicted octanol–water partition coefficient (Wildman–Crippen LogP) is 4.02. The summed E-state index contributed by atoms with van der Waals surface area (Å²) in [5.74, 6) is -1.66. The van der Waals surface area contributed by atoms with Crippen molar-refractivity contribution in [2.24, 2.45) is 0 Å². The molecule has 1 N–H and O–H groups in total. The van der Waals surface area contributed by atoms with Crippen LogP contribution in [0.15, 0.2) is 78.9 Å². The number of halogens is 2. The molecule has 0 saturated heterocycles. The van der Waals surface area contributed by atoms with Crippen molar-refractivity contribution in [1.82, 2.24) is 10.2 Å². The molecule has 0 aromatic heterocycles. The van der Waals surface area contributed by atoms with Gasteiger partial charge in [0.2, 0.25) is 21.8 Å². The maximum Gasteiger partial charge on any atom is 0.244 e. The highest BCUT2D eigenvalue weighted by Gasteiger charge is 2.33. The van der Waals surface area contributed by atoms with E-state index in [-0.39, 0.29) is 29.6 Å².